The molecule has 1 amide bonds. The van der Waals surface area contributed by atoms with Crippen molar-refractivity contribution in [3.05, 3.63) is 10.8 Å². The fraction of sp³-hybridized carbons (Fsp3) is 0.417. The molecule has 0 radical (unpaired) electrons. The zero-order valence-electron chi connectivity index (χ0n) is 11.9. The molecule has 1 aromatic rings. The van der Waals surface area contributed by atoms with E-state index in [-0.39, 0.29) is 22.5 Å². The Balaban J connectivity index is 2.67. The van der Waals surface area contributed by atoms with Crippen molar-refractivity contribution in [1.29, 1.82) is 0 Å². The molecule has 0 aliphatic heterocycles. The Labute approximate surface area is 132 Å². The molecule has 1 heterocycles. The Kier molecular flexibility index (Phi) is 7.03. The van der Waals surface area contributed by atoms with E-state index in [1.54, 1.807) is 0 Å². The van der Waals surface area contributed by atoms with Gasteiger partial charge in [-0.15, -0.1) is 0 Å². The number of halogens is 1. The molecule has 0 saturated heterocycles. The number of nitrogens with one attached hydrogen (secondary N) is 1. The molecule has 0 aliphatic carbocycles. The number of guanidine groups is 1. The maximum absolute atomic E-state index is 11.7. The third-order valence-electron chi connectivity index (χ3n) is 2.60. The highest BCUT2D eigenvalue weighted by Crippen LogP contribution is 2.21. The molecule has 0 bridgehead atoms. The smallest absolute Gasteiger partial charge is 0.302 e. The van der Waals surface area contributed by atoms with E-state index in [0.29, 0.717) is 13.0 Å². The van der Waals surface area contributed by atoms with Crippen LogP contribution in [-0.2, 0) is 4.79 Å². The third-order valence-corrected chi connectivity index (χ3v) is 2.87. The van der Waals surface area contributed by atoms with Crippen LogP contribution in [0.2, 0.25) is 5.15 Å². The van der Waals surface area contributed by atoms with Crippen molar-refractivity contribution in [3.8, 4) is 0 Å². The number of unbranched alkanes of at least 4 members (excludes halogenated alkanes) is 3. The second kappa shape index (κ2) is 8.78. The van der Waals surface area contributed by atoms with Gasteiger partial charge in [0, 0.05) is 13.0 Å². The van der Waals surface area contributed by atoms with Crippen LogP contribution in [0.3, 0.4) is 0 Å². The van der Waals surface area contributed by atoms with Gasteiger partial charge in [0.2, 0.25) is 0 Å². The van der Waals surface area contributed by atoms with Crippen LogP contribution >= 0.6 is 11.6 Å². The topological polar surface area (TPSA) is 162 Å². The van der Waals surface area contributed by atoms with Gasteiger partial charge in [-0.05, 0) is 12.8 Å². The van der Waals surface area contributed by atoms with Gasteiger partial charge in [-0.2, -0.15) is 4.99 Å². The minimum absolute atomic E-state index is 0.00349. The molecule has 0 aliphatic rings. The van der Waals surface area contributed by atoms with E-state index in [4.69, 9.17) is 28.8 Å². The molecule has 0 unspecified atom stereocenters. The molecule has 120 valence electrons. The van der Waals surface area contributed by atoms with Gasteiger partial charge >= 0.3 is 5.91 Å². The number of carbonyl (C=O) groups is 2. The summed E-state index contributed by atoms with van der Waals surface area (Å²) in [5, 5.41) is 2.96. The molecule has 22 heavy (non-hydrogen) atoms. The van der Waals surface area contributed by atoms with Crippen molar-refractivity contribution in [2.24, 2.45) is 16.5 Å². The lowest BCUT2D eigenvalue weighted by Gasteiger charge is -2.09. The molecule has 10 heteroatoms. The highest BCUT2D eigenvalue weighted by atomic mass is 35.5. The zero-order valence-corrected chi connectivity index (χ0v) is 12.6. The number of anilines is 2. The van der Waals surface area contributed by atoms with Crippen molar-refractivity contribution >= 4 is 41.4 Å². The molecule has 1 rings (SSSR count). The first-order valence-corrected chi connectivity index (χ1v) is 6.98. The normalized spacial score (nSPS) is 10.0. The minimum Gasteiger partial charge on any atom is -0.382 e. The summed E-state index contributed by atoms with van der Waals surface area (Å²) < 4.78 is 0. The second-order valence-electron chi connectivity index (χ2n) is 4.38. The van der Waals surface area contributed by atoms with Crippen molar-refractivity contribution in [3.63, 3.8) is 0 Å². The van der Waals surface area contributed by atoms with E-state index in [2.05, 4.69) is 20.3 Å². The third kappa shape index (κ3) is 5.52. The number of carbonyl (C=O) groups excluding carboxylic acids is 2. The van der Waals surface area contributed by atoms with Crippen LogP contribution in [0.1, 0.15) is 36.2 Å². The zero-order chi connectivity index (χ0) is 16.5. The first-order chi connectivity index (χ1) is 10.5. The molecule has 1 aromatic heterocycles. The van der Waals surface area contributed by atoms with Gasteiger partial charge in [-0.1, -0.05) is 18.0 Å². The molecular formula is C12H18ClN7O2. The van der Waals surface area contributed by atoms with Gasteiger partial charge in [-0.3, -0.25) is 4.79 Å². The Hall–Kier alpha value is -2.42. The van der Waals surface area contributed by atoms with Crippen LogP contribution in [0.25, 0.3) is 0 Å². The number of hydrogen-bond donors (Lipinski definition) is 4. The molecule has 9 nitrogen and oxygen atoms in total. The summed E-state index contributed by atoms with van der Waals surface area (Å²) in [5.41, 5.74) is 15.7. The number of aliphatic imine (C=N–C) groups is 1. The number of hydrogen-bond acceptors (Lipinski definition) is 6. The molecule has 0 fully saturated rings. The number of rotatable bonds is 8. The van der Waals surface area contributed by atoms with Crippen LogP contribution < -0.4 is 22.5 Å². The van der Waals surface area contributed by atoms with Crippen LogP contribution in [-0.4, -0.2) is 34.7 Å². The lowest BCUT2D eigenvalue weighted by atomic mass is 10.2. The molecule has 0 spiro atoms. The monoisotopic (exact) mass is 327 g/mol. The minimum atomic E-state index is -0.813. The molecule has 0 atom stereocenters. The Morgan fingerprint density at radius 2 is 2.00 bits per heavy atom. The van der Waals surface area contributed by atoms with Gasteiger partial charge in [0.1, 0.15) is 6.29 Å². The van der Waals surface area contributed by atoms with Crippen LogP contribution in [0.4, 0.5) is 11.6 Å². The maximum atomic E-state index is 11.7. The Bertz CT molecular complexity index is 573. The fourth-order valence-corrected chi connectivity index (χ4v) is 1.80. The van der Waals surface area contributed by atoms with Crippen molar-refractivity contribution in [2.45, 2.75) is 25.7 Å². The maximum Gasteiger partial charge on any atom is 0.302 e. The number of amides is 1. The average Bonchev–Trinajstić information content (AvgIpc) is 2.44. The lowest BCUT2D eigenvalue weighted by Crippen LogP contribution is -2.25. The molecule has 0 saturated carbocycles. The number of nitrogens with zero attached hydrogens (tertiary/aromatic N) is 3. The standard InChI is InChI=1S/C12H18ClN7O2/c13-8-10(17-5-3-1-2-4-6-21)19-9(14)7(18-8)11(22)20-12(15)16/h6H,1-5H2,(H3,14,17,19)(H4,15,16,20,22). The largest absolute Gasteiger partial charge is 0.382 e. The number of nitrogens with two attached hydrogens (primary N) is 3. The average molecular weight is 328 g/mol. The van der Waals surface area contributed by atoms with E-state index in [1.165, 1.54) is 0 Å². The fourth-order valence-electron chi connectivity index (χ4n) is 1.60. The van der Waals surface area contributed by atoms with E-state index in [0.717, 1.165) is 25.5 Å². The quantitative estimate of drug-likeness (QED) is 0.229. The first-order valence-electron chi connectivity index (χ1n) is 6.60. The van der Waals surface area contributed by atoms with Gasteiger partial charge in [0.25, 0.3) is 0 Å². The Morgan fingerprint density at radius 3 is 2.64 bits per heavy atom. The van der Waals surface area contributed by atoms with Gasteiger partial charge in [0.15, 0.2) is 28.4 Å². The van der Waals surface area contributed by atoms with Crippen LogP contribution in [0.15, 0.2) is 4.99 Å². The van der Waals surface area contributed by atoms with Gasteiger partial charge < -0.3 is 27.3 Å². The highest BCUT2D eigenvalue weighted by Gasteiger charge is 2.16. The Morgan fingerprint density at radius 1 is 1.27 bits per heavy atom. The van der Waals surface area contributed by atoms with Crippen molar-refractivity contribution < 1.29 is 9.59 Å². The number of aromatic nitrogens is 2. The summed E-state index contributed by atoms with van der Waals surface area (Å²) in [6.07, 6.45) is 4.00. The summed E-state index contributed by atoms with van der Waals surface area (Å²) in [6.45, 7) is 0.591. The summed E-state index contributed by atoms with van der Waals surface area (Å²) in [5.74, 6) is -1.06. The predicted octanol–water partition coefficient (Wildman–Crippen LogP) is 0.297. The van der Waals surface area contributed by atoms with Gasteiger partial charge in [0.05, 0.1) is 0 Å². The number of aldehydes is 1. The summed E-state index contributed by atoms with van der Waals surface area (Å²) in [4.78, 5) is 33.0. The van der Waals surface area contributed by atoms with E-state index in [9.17, 15) is 9.59 Å². The second-order valence-corrected chi connectivity index (χ2v) is 4.74. The summed E-state index contributed by atoms with van der Waals surface area (Å²) >= 11 is 5.94. The van der Waals surface area contributed by atoms with E-state index >= 15 is 0 Å². The van der Waals surface area contributed by atoms with Gasteiger partial charge in [-0.25, -0.2) is 9.97 Å². The lowest BCUT2D eigenvalue weighted by molar-refractivity contribution is -0.107. The molecule has 7 N–H and O–H groups in total. The van der Waals surface area contributed by atoms with Crippen LogP contribution in [0, 0.1) is 0 Å². The van der Waals surface area contributed by atoms with Crippen molar-refractivity contribution in [2.75, 3.05) is 17.6 Å². The van der Waals surface area contributed by atoms with Crippen molar-refractivity contribution in [1.82, 2.24) is 9.97 Å². The van der Waals surface area contributed by atoms with E-state index < -0.39 is 11.9 Å². The summed E-state index contributed by atoms with van der Waals surface area (Å²) in [6, 6.07) is 0. The number of nitrogen functional groups attached to an aromatic ring is 1. The first kappa shape index (κ1) is 17.6. The molecular weight excluding hydrogens is 310 g/mol. The molecule has 0 aromatic carbocycles. The summed E-state index contributed by atoms with van der Waals surface area (Å²) in [7, 11) is 0. The SMILES string of the molecule is NC(N)=NC(=O)c1nc(Cl)c(NCCCCCC=O)nc1N. The highest BCUT2D eigenvalue weighted by molar-refractivity contribution is 6.32. The van der Waals surface area contributed by atoms with E-state index in [1.807, 2.05) is 0 Å². The predicted molar refractivity (Wildman–Crippen MR) is 84.6 cm³/mol. The van der Waals surface area contributed by atoms with Crippen LogP contribution in [0.5, 0.6) is 0 Å².